The number of carbonyl (C=O) groups is 1. The third-order valence-corrected chi connectivity index (χ3v) is 4.43. The minimum Gasteiger partial charge on any atom is -0.325 e. The van der Waals surface area contributed by atoms with Crippen LogP contribution in [0, 0.1) is 5.82 Å². The van der Waals surface area contributed by atoms with Crippen LogP contribution in [0.1, 0.15) is 32.6 Å². The van der Waals surface area contributed by atoms with Crippen LogP contribution >= 0.6 is 15.9 Å². The van der Waals surface area contributed by atoms with Crippen LogP contribution in [0.5, 0.6) is 0 Å². The molecule has 0 unspecified atom stereocenters. The average molecular weight is 344 g/mol. The number of hydrogen-bond acceptors (Lipinski definition) is 1. The van der Waals surface area contributed by atoms with Gasteiger partial charge in [0.25, 0.3) is 5.91 Å². The number of quaternary nitrogens is 1. The van der Waals surface area contributed by atoms with Gasteiger partial charge >= 0.3 is 0 Å². The van der Waals surface area contributed by atoms with Crippen LogP contribution in [0.3, 0.4) is 0 Å². The zero-order chi connectivity index (χ0) is 14.5. The predicted octanol–water partition coefficient (Wildman–Crippen LogP) is 2.37. The summed E-state index contributed by atoms with van der Waals surface area (Å²) >= 11 is 3.21. The first-order valence-corrected chi connectivity index (χ1v) is 7.97. The lowest BCUT2D eigenvalue weighted by Crippen LogP contribution is -3.16. The fourth-order valence-electron chi connectivity index (χ4n) is 2.63. The first-order valence-electron chi connectivity index (χ1n) is 7.18. The number of nitrogens with one attached hydrogen (secondary N) is 2. The molecule has 1 aliphatic rings. The van der Waals surface area contributed by atoms with Gasteiger partial charge < -0.3 is 10.2 Å². The molecule has 2 rings (SSSR count). The molecule has 1 saturated heterocycles. The average Bonchev–Trinajstić information content (AvgIpc) is 2.70. The molecule has 0 bridgehead atoms. The second-order valence-electron chi connectivity index (χ2n) is 5.41. The first-order chi connectivity index (χ1) is 9.58. The standard InChI is InChI=1S/C15H20BrFN2O/c1-11(19-8-4-2-3-5-9-19)15(20)18-14-7-6-12(16)10-13(14)17/h6-7,10-11H,2-5,8-9H2,1H3,(H,18,20)/p+1/t11-/m1/s1. The van der Waals surface area contributed by atoms with Crippen LogP contribution in [-0.2, 0) is 4.79 Å². The summed E-state index contributed by atoms with van der Waals surface area (Å²) in [6, 6.07) is 4.53. The molecule has 5 heteroatoms. The zero-order valence-corrected chi connectivity index (χ0v) is 13.3. The van der Waals surface area contributed by atoms with Gasteiger partial charge in [0, 0.05) is 4.47 Å². The maximum Gasteiger partial charge on any atom is 0.282 e. The summed E-state index contributed by atoms with van der Waals surface area (Å²) in [6.07, 6.45) is 4.83. The Labute approximate surface area is 127 Å². The van der Waals surface area contributed by atoms with E-state index in [0.717, 1.165) is 13.1 Å². The van der Waals surface area contributed by atoms with Crippen molar-refractivity contribution >= 4 is 27.5 Å². The van der Waals surface area contributed by atoms with Gasteiger partial charge in [-0.15, -0.1) is 0 Å². The van der Waals surface area contributed by atoms with Crippen LogP contribution in [0.4, 0.5) is 10.1 Å². The van der Waals surface area contributed by atoms with Crippen LogP contribution in [0.2, 0.25) is 0 Å². The number of halogens is 2. The van der Waals surface area contributed by atoms with E-state index in [9.17, 15) is 9.18 Å². The Hall–Kier alpha value is -0.940. The Morgan fingerprint density at radius 2 is 1.95 bits per heavy atom. The number of hydrogen-bond donors (Lipinski definition) is 2. The Morgan fingerprint density at radius 3 is 2.55 bits per heavy atom. The van der Waals surface area contributed by atoms with Crippen molar-refractivity contribution in [2.75, 3.05) is 18.4 Å². The number of anilines is 1. The molecule has 1 aromatic rings. The molecule has 0 aliphatic carbocycles. The molecule has 1 atom stereocenters. The molecule has 0 saturated carbocycles. The molecule has 1 aromatic carbocycles. The van der Waals surface area contributed by atoms with Crippen molar-refractivity contribution in [3.05, 3.63) is 28.5 Å². The number of likely N-dealkylation sites (tertiary alicyclic amines) is 1. The predicted molar refractivity (Wildman–Crippen MR) is 81.4 cm³/mol. The van der Waals surface area contributed by atoms with Gasteiger partial charge in [-0.1, -0.05) is 15.9 Å². The fraction of sp³-hybridized carbons (Fsp3) is 0.533. The largest absolute Gasteiger partial charge is 0.325 e. The molecular formula is C15H21BrFN2O+. The van der Waals surface area contributed by atoms with Crippen LogP contribution in [0.15, 0.2) is 22.7 Å². The summed E-state index contributed by atoms with van der Waals surface area (Å²) in [5.41, 5.74) is 0.249. The Morgan fingerprint density at radius 1 is 1.30 bits per heavy atom. The van der Waals surface area contributed by atoms with Gasteiger partial charge in [-0.25, -0.2) is 4.39 Å². The highest BCUT2D eigenvalue weighted by atomic mass is 79.9. The van der Waals surface area contributed by atoms with Gasteiger partial charge in [0.05, 0.1) is 18.8 Å². The van der Waals surface area contributed by atoms with E-state index >= 15 is 0 Å². The van der Waals surface area contributed by atoms with E-state index < -0.39 is 5.82 Å². The summed E-state index contributed by atoms with van der Waals surface area (Å²) in [6.45, 7) is 3.97. The van der Waals surface area contributed by atoms with E-state index in [1.54, 1.807) is 12.1 Å². The van der Waals surface area contributed by atoms with Crippen molar-refractivity contribution in [2.45, 2.75) is 38.6 Å². The third-order valence-electron chi connectivity index (χ3n) is 3.94. The van der Waals surface area contributed by atoms with Crippen molar-refractivity contribution in [3.63, 3.8) is 0 Å². The summed E-state index contributed by atoms with van der Waals surface area (Å²) < 4.78 is 14.4. The van der Waals surface area contributed by atoms with E-state index in [-0.39, 0.29) is 17.6 Å². The minimum absolute atomic E-state index is 0.108. The van der Waals surface area contributed by atoms with Crippen molar-refractivity contribution in [2.24, 2.45) is 0 Å². The maximum absolute atomic E-state index is 13.7. The Kier molecular flexibility index (Phi) is 5.54. The number of amides is 1. The first kappa shape index (κ1) is 15.4. The second kappa shape index (κ2) is 7.18. The summed E-state index contributed by atoms with van der Waals surface area (Å²) in [5.74, 6) is -0.520. The van der Waals surface area contributed by atoms with Crippen molar-refractivity contribution in [1.82, 2.24) is 0 Å². The van der Waals surface area contributed by atoms with Crippen molar-refractivity contribution in [1.29, 1.82) is 0 Å². The molecule has 2 N–H and O–H groups in total. The van der Waals surface area contributed by atoms with Gasteiger partial charge in [0.1, 0.15) is 5.82 Å². The Balaban J connectivity index is 1.99. The quantitative estimate of drug-likeness (QED) is 0.867. The van der Waals surface area contributed by atoms with E-state index in [1.165, 1.54) is 36.6 Å². The van der Waals surface area contributed by atoms with Gasteiger partial charge in [-0.05, 0) is 50.8 Å². The topological polar surface area (TPSA) is 33.5 Å². The molecule has 1 amide bonds. The highest BCUT2D eigenvalue weighted by Crippen LogP contribution is 2.19. The Bertz CT molecular complexity index is 473. The van der Waals surface area contributed by atoms with Gasteiger partial charge in [-0.2, -0.15) is 0 Å². The van der Waals surface area contributed by atoms with Crippen LogP contribution in [0.25, 0.3) is 0 Å². The van der Waals surface area contributed by atoms with E-state index in [4.69, 9.17) is 0 Å². The molecule has 1 aliphatic heterocycles. The zero-order valence-electron chi connectivity index (χ0n) is 11.7. The van der Waals surface area contributed by atoms with Crippen LogP contribution in [-0.4, -0.2) is 25.0 Å². The monoisotopic (exact) mass is 343 g/mol. The number of carbonyl (C=O) groups excluding carboxylic acids is 1. The molecule has 1 heterocycles. The minimum atomic E-state index is -0.411. The number of benzene rings is 1. The molecule has 0 radical (unpaired) electrons. The number of rotatable bonds is 3. The molecule has 1 fully saturated rings. The van der Waals surface area contributed by atoms with E-state index in [0.29, 0.717) is 4.47 Å². The normalized spacial score (nSPS) is 18.4. The van der Waals surface area contributed by atoms with Gasteiger partial charge in [-0.3, -0.25) is 4.79 Å². The van der Waals surface area contributed by atoms with Crippen molar-refractivity contribution in [3.8, 4) is 0 Å². The SMILES string of the molecule is C[C@H](C(=O)Nc1ccc(Br)cc1F)[NH+]1CCCCCC1. The van der Waals surface area contributed by atoms with Crippen molar-refractivity contribution < 1.29 is 14.1 Å². The third kappa shape index (κ3) is 4.03. The highest BCUT2D eigenvalue weighted by Gasteiger charge is 2.26. The molecule has 0 spiro atoms. The van der Waals surface area contributed by atoms with E-state index in [1.807, 2.05) is 6.92 Å². The summed E-state index contributed by atoms with van der Waals surface area (Å²) in [5, 5.41) is 2.70. The lowest BCUT2D eigenvalue weighted by atomic mass is 10.2. The molecule has 0 aromatic heterocycles. The summed E-state index contributed by atoms with van der Waals surface area (Å²) in [4.78, 5) is 13.6. The lowest BCUT2D eigenvalue weighted by Gasteiger charge is -2.23. The lowest BCUT2D eigenvalue weighted by molar-refractivity contribution is -0.913. The van der Waals surface area contributed by atoms with Gasteiger partial charge in [0.15, 0.2) is 6.04 Å². The second-order valence-corrected chi connectivity index (χ2v) is 6.32. The molecule has 20 heavy (non-hydrogen) atoms. The molecular weight excluding hydrogens is 323 g/mol. The molecule has 3 nitrogen and oxygen atoms in total. The summed E-state index contributed by atoms with van der Waals surface area (Å²) in [7, 11) is 0. The van der Waals surface area contributed by atoms with Gasteiger partial charge in [0.2, 0.25) is 0 Å². The smallest absolute Gasteiger partial charge is 0.282 e. The van der Waals surface area contributed by atoms with Crippen LogP contribution < -0.4 is 10.2 Å². The fourth-order valence-corrected chi connectivity index (χ4v) is 2.97. The molecule has 110 valence electrons. The maximum atomic E-state index is 13.7. The highest BCUT2D eigenvalue weighted by molar-refractivity contribution is 9.10. The van der Waals surface area contributed by atoms with E-state index in [2.05, 4.69) is 21.2 Å².